The van der Waals surface area contributed by atoms with E-state index in [9.17, 15) is 4.79 Å². The molecule has 0 radical (unpaired) electrons. The predicted octanol–water partition coefficient (Wildman–Crippen LogP) is 5.40. The van der Waals surface area contributed by atoms with Gasteiger partial charge in [-0.25, -0.2) is 9.97 Å². The van der Waals surface area contributed by atoms with Gasteiger partial charge in [0.25, 0.3) is 0 Å². The second-order valence-electron chi connectivity index (χ2n) is 4.59. The quantitative estimate of drug-likeness (QED) is 0.402. The number of halogens is 6. The number of ketones is 1. The molecule has 0 bridgehead atoms. The highest BCUT2D eigenvalue weighted by molar-refractivity contribution is 9.10. The lowest BCUT2D eigenvalue weighted by molar-refractivity contribution is -0.118. The minimum Gasteiger partial charge on any atom is -0.395 e. The van der Waals surface area contributed by atoms with Crippen molar-refractivity contribution in [3.63, 3.8) is 0 Å². The molecule has 128 valence electrons. The second kappa shape index (κ2) is 7.93. The topological polar surface area (TPSA) is 94.9 Å². The molecule has 0 aliphatic rings. The molecule has 0 saturated heterocycles. The van der Waals surface area contributed by atoms with Crippen molar-refractivity contribution in [3.8, 4) is 0 Å². The van der Waals surface area contributed by atoms with E-state index in [1.165, 1.54) is 12.1 Å². The van der Waals surface area contributed by atoms with Crippen LogP contribution in [0.2, 0.25) is 20.4 Å². The van der Waals surface area contributed by atoms with Gasteiger partial charge in [-0.1, -0.05) is 78.3 Å². The number of hydrogen-bond acceptors (Lipinski definition) is 5. The Balaban J connectivity index is 2.34. The summed E-state index contributed by atoms with van der Waals surface area (Å²) in [5, 5.41) is 0.422. The van der Waals surface area contributed by atoms with E-state index in [0.717, 1.165) is 0 Å². The fourth-order valence-corrected chi connectivity index (χ4v) is 3.95. The third-order valence-corrected chi connectivity index (χ3v) is 6.02. The minimum atomic E-state index is -0.811. The van der Waals surface area contributed by atoms with Crippen molar-refractivity contribution in [3.05, 3.63) is 43.9 Å². The Morgan fingerprint density at radius 1 is 0.875 bits per heavy atom. The Morgan fingerprint density at radius 3 is 1.50 bits per heavy atom. The number of hydrogen-bond donors (Lipinski definition) is 2. The number of nitrogens with zero attached hydrogens (tertiary/aromatic N) is 2. The molecule has 0 amide bonds. The number of pyridine rings is 2. The standard InChI is InChI=1S/C13H8Br2Cl4N4O/c14-7(5-1-3(16)9(20)12(18)22-5)11(24)8(15)6-2-4(17)10(21)13(19)23-6/h1-2,7-8H,20-21H2. The van der Waals surface area contributed by atoms with Gasteiger partial charge in [0, 0.05) is 0 Å². The Labute approximate surface area is 174 Å². The number of alkyl halides is 2. The lowest BCUT2D eigenvalue weighted by Gasteiger charge is -2.15. The van der Waals surface area contributed by atoms with E-state index >= 15 is 0 Å². The molecule has 2 heterocycles. The number of nitrogens with two attached hydrogens (primary N) is 2. The number of carbonyl (C=O) groups excluding carboxylic acids is 1. The van der Waals surface area contributed by atoms with Gasteiger partial charge < -0.3 is 11.5 Å². The molecule has 0 spiro atoms. The lowest BCUT2D eigenvalue weighted by Crippen LogP contribution is -2.15. The summed E-state index contributed by atoms with van der Waals surface area (Å²) in [6, 6.07) is 2.91. The van der Waals surface area contributed by atoms with Gasteiger partial charge in [0.2, 0.25) is 0 Å². The molecule has 24 heavy (non-hydrogen) atoms. The van der Waals surface area contributed by atoms with Gasteiger partial charge in [0.15, 0.2) is 16.1 Å². The third kappa shape index (κ3) is 4.08. The van der Waals surface area contributed by atoms with E-state index < -0.39 is 9.65 Å². The number of anilines is 2. The summed E-state index contributed by atoms with van der Waals surface area (Å²) < 4.78 is 0. The highest BCUT2D eigenvalue weighted by Gasteiger charge is 2.29. The molecule has 0 aromatic carbocycles. The normalized spacial score (nSPS) is 13.6. The van der Waals surface area contributed by atoms with Crippen molar-refractivity contribution in [2.75, 3.05) is 11.5 Å². The van der Waals surface area contributed by atoms with Gasteiger partial charge in [-0.15, -0.1) is 0 Å². The van der Waals surface area contributed by atoms with E-state index in [1.54, 1.807) is 0 Å². The van der Waals surface area contributed by atoms with Crippen LogP contribution in [0.15, 0.2) is 12.1 Å². The molecule has 5 nitrogen and oxygen atoms in total. The van der Waals surface area contributed by atoms with Crippen LogP contribution < -0.4 is 11.5 Å². The fraction of sp³-hybridized carbons (Fsp3) is 0.154. The minimum absolute atomic E-state index is 0.0116. The van der Waals surface area contributed by atoms with E-state index in [0.29, 0.717) is 11.4 Å². The van der Waals surface area contributed by atoms with Crippen LogP contribution in [0.3, 0.4) is 0 Å². The van der Waals surface area contributed by atoms with Crippen LogP contribution in [0.5, 0.6) is 0 Å². The second-order valence-corrected chi connectivity index (χ2v) is 7.96. The van der Waals surface area contributed by atoms with Gasteiger partial charge in [-0.3, -0.25) is 4.79 Å². The summed E-state index contributed by atoms with van der Waals surface area (Å²) in [5.74, 6) is -0.316. The molecule has 0 saturated carbocycles. The van der Waals surface area contributed by atoms with Crippen LogP contribution in [0.4, 0.5) is 11.4 Å². The summed E-state index contributed by atoms with van der Waals surface area (Å²) >= 11 is 30.3. The van der Waals surface area contributed by atoms with E-state index in [1.807, 2.05) is 0 Å². The molecule has 0 fully saturated rings. The summed E-state index contributed by atoms with van der Waals surface area (Å²) in [5.41, 5.74) is 12.2. The first-order chi connectivity index (χ1) is 11.1. The Morgan fingerprint density at radius 2 is 1.21 bits per heavy atom. The maximum Gasteiger partial charge on any atom is 0.172 e. The Kier molecular flexibility index (Phi) is 6.61. The van der Waals surface area contributed by atoms with Crippen LogP contribution in [0.1, 0.15) is 21.0 Å². The van der Waals surface area contributed by atoms with Crippen molar-refractivity contribution in [1.82, 2.24) is 9.97 Å². The molecule has 2 aromatic rings. The smallest absolute Gasteiger partial charge is 0.172 e. The maximum absolute atomic E-state index is 12.7. The maximum atomic E-state index is 12.7. The van der Waals surface area contributed by atoms with Gasteiger partial charge in [-0.05, 0) is 12.1 Å². The van der Waals surface area contributed by atoms with Crippen LogP contribution in [0, 0.1) is 0 Å². The molecule has 2 aromatic heterocycles. The van der Waals surface area contributed by atoms with Gasteiger partial charge in [0.05, 0.1) is 32.8 Å². The zero-order chi connectivity index (χ0) is 18.2. The van der Waals surface area contributed by atoms with Gasteiger partial charge in [-0.2, -0.15) is 0 Å². The summed E-state index contributed by atoms with van der Waals surface area (Å²) in [7, 11) is 0. The SMILES string of the molecule is Nc1c(Cl)cc(C(Br)C(=O)C(Br)c2cc(Cl)c(N)c(Cl)n2)nc1Cl. The van der Waals surface area contributed by atoms with Crippen LogP contribution in [-0.2, 0) is 4.79 Å². The molecule has 2 atom stereocenters. The first-order valence-electron chi connectivity index (χ1n) is 6.18. The highest BCUT2D eigenvalue weighted by atomic mass is 79.9. The summed E-state index contributed by atoms with van der Waals surface area (Å²) in [4.78, 5) is 19.1. The zero-order valence-corrected chi connectivity index (χ0v) is 17.7. The van der Waals surface area contributed by atoms with Gasteiger partial charge >= 0.3 is 0 Å². The predicted molar refractivity (Wildman–Crippen MR) is 106 cm³/mol. The summed E-state index contributed by atoms with van der Waals surface area (Å²) in [6.07, 6.45) is 0. The number of rotatable bonds is 4. The average molecular weight is 538 g/mol. The zero-order valence-electron chi connectivity index (χ0n) is 11.5. The van der Waals surface area contributed by atoms with Crippen molar-refractivity contribution < 1.29 is 4.79 Å². The van der Waals surface area contributed by atoms with E-state index in [-0.39, 0.29) is 37.5 Å². The average Bonchev–Trinajstić information content (AvgIpc) is 2.54. The largest absolute Gasteiger partial charge is 0.395 e. The van der Waals surface area contributed by atoms with Crippen LogP contribution in [0.25, 0.3) is 0 Å². The van der Waals surface area contributed by atoms with Crippen molar-refractivity contribution in [2.24, 2.45) is 0 Å². The first-order valence-corrected chi connectivity index (χ1v) is 9.52. The number of Topliss-reactive ketones (excluding diaryl/α,β-unsaturated/α-hetero) is 1. The van der Waals surface area contributed by atoms with Crippen LogP contribution >= 0.6 is 78.3 Å². The molecule has 0 aliphatic carbocycles. The van der Waals surface area contributed by atoms with Crippen molar-refractivity contribution in [2.45, 2.75) is 9.65 Å². The highest BCUT2D eigenvalue weighted by Crippen LogP contribution is 2.38. The molecule has 0 aliphatic heterocycles. The molecule has 4 N–H and O–H groups in total. The summed E-state index contributed by atoms with van der Waals surface area (Å²) in [6.45, 7) is 0. The molecule has 11 heteroatoms. The lowest BCUT2D eigenvalue weighted by atomic mass is 10.1. The Bertz CT molecular complexity index is 709. The first kappa shape index (κ1) is 20.0. The number of nitrogen functional groups attached to an aromatic ring is 2. The molecular formula is C13H8Br2Cl4N4O. The molecular weight excluding hydrogens is 530 g/mol. The molecule has 2 unspecified atom stereocenters. The van der Waals surface area contributed by atoms with E-state index in [2.05, 4.69) is 41.8 Å². The monoisotopic (exact) mass is 534 g/mol. The van der Waals surface area contributed by atoms with Gasteiger partial charge in [0.1, 0.15) is 9.65 Å². The van der Waals surface area contributed by atoms with Crippen molar-refractivity contribution in [1.29, 1.82) is 0 Å². The van der Waals surface area contributed by atoms with Crippen LogP contribution in [-0.4, -0.2) is 15.8 Å². The third-order valence-electron chi connectivity index (χ3n) is 2.98. The molecule has 2 rings (SSSR count). The number of carbonyl (C=O) groups is 1. The fourth-order valence-electron chi connectivity index (χ4n) is 1.70. The number of aromatic nitrogens is 2. The van der Waals surface area contributed by atoms with Crippen molar-refractivity contribution >= 4 is 95.4 Å². The Hall–Kier alpha value is -0.310. The van der Waals surface area contributed by atoms with E-state index in [4.69, 9.17) is 57.9 Å².